The van der Waals surface area contributed by atoms with Gasteiger partial charge in [-0.15, -0.1) is 0 Å². The fraction of sp³-hybridized carbons (Fsp3) is 0.333. The lowest BCUT2D eigenvalue weighted by Gasteiger charge is -2.32. The van der Waals surface area contributed by atoms with Crippen molar-refractivity contribution in [2.45, 2.75) is 6.10 Å². The molecule has 6 heteroatoms. The summed E-state index contributed by atoms with van der Waals surface area (Å²) in [5, 5.41) is 9.97. The quantitative estimate of drug-likeness (QED) is 0.846. The summed E-state index contributed by atoms with van der Waals surface area (Å²) in [6.07, 6.45) is -0.326. The number of aliphatic hydroxyl groups excluding tert-OH is 1. The van der Waals surface area contributed by atoms with Crippen molar-refractivity contribution in [1.29, 1.82) is 0 Å². The number of rotatable bonds is 2. The summed E-state index contributed by atoms with van der Waals surface area (Å²) in [6.45, 7) is 1.22. The third kappa shape index (κ3) is 2.68. The molecule has 3 N–H and O–H groups in total. The number of nitrogen functional groups attached to an aromatic ring is 1. The molecule has 2 heterocycles. The first kappa shape index (κ1) is 13.8. The summed E-state index contributed by atoms with van der Waals surface area (Å²) in [5.41, 5.74) is 7.04. The first-order chi connectivity index (χ1) is 10.2. The number of anilines is 1. The van der Waals surface area contributed by atoms with Crippen molar-refractivity contribution in [3.8, 4) is 0 Å². The van der Waals surface area contributed by atoms with Crippen molar-refractivity contribution in [1.82, 2.24) is 9.88 Å². The SMILES string of the molecule is Nc1cc(C(=O)N2CCOC(CO)C2)c2ccccc2n1. The number of carbonyl (C=O) groups is 1. The number of carbonyl (C=O) groups excluding carboxylic acids is 1. The second-order valence-electron chi connectivity index (χ2n) is 5.04. The maximum Gasteiger partial charge on any atom is 0.254 e. The molecule has 21 heavy (non-hydrogen) atoms. The van der Waals surface area contributed by atoms with Crippen LogP contribution in [0.1, 0.15) is 10.4 Å². The van der Waals surface area contributed by atoms with Crippen molar-refractivity contribution in [2.75, 3.05) is 32.0 Å². The van der Waals surface area contributed by atoms with Crippen LogP contribution in [-0.2, 0) is 4.74 Å². The van der Waals surface area contributed by atoms with E-state index in [1.807, 2.05) is 24.3 Å². The summed E-state index contributed by atoms with van der Waals surface area (Å²) in [7, 11) is 0. The minimum Gasteiger partial charge on any atom is -0.394 e. The molecular formula is C15H17N3O3. The van der Waals surface area contributed by atoms with Gasteiger partial charge in [0.15, 0.2) is 0 Å². The normalized spacial score (nSPS) is 18.9. The molecule has 1 amide bonds. The Balaban J connectivity index is 1.97. The maximum absolute atomic E-state index is 12.7. The highest BCUT2D eigenvalue weighted by atomic mass is 16.5. The number of aromatic nitrogens is 1. The topological polar surface area (TPSA) is 88.7 Å². The second kappa shape index (κ2) is 5.67. The highest BCUT2D eigenvalue weighted by Gasteiger charge is 2.25. The third-order valence-corrected chi connectivity index (χ3v) is 3.60. The number of hydrogen-bond acceptors (Lipinski definition) is 5. The van der Waals surface area contributed by atoms with E-state index in [9.17, 15) is 9.90 Å². The molecule has 1 unspecified atom stereocenters. The molecule has 1 aliphatic heterocycles. The summed E-state index contributed by atoms with van der Waals surface area (Å²) in [4.78, 5) is 18.7. The number of benzene rings is 1. The Morgan fingerprint density at radius 3 is 3.10 bits per heavy atom. The van der Waals surface area contributed by atoms with Crippen molar-refractivity contribution in [3.63, 3.8) is 0 Å². The zero-order valence-electron chi connectivity index (χ0n) is 11.5. The van der Waals surface area contributed by atoms with Crippen LogP contribution in [0.3, 0.4) is 0 Å². The van der Waals surface area contributed by atoms with Crippen LogP contribution in [0.25, 0.3) is 10.9 Å². The molecule has 1 atom stereocenters. The number of nitrogens with two attached hydrogens (primary N) is 1. The van der Waals surface area contributed by atoms with E-state index >= 15 is 0 Å². The van der Waals surface area contributed by atoms with E-state index in [1.54, 1.807) is 11.0 Å². The van der Waals surface area contributed by atoms with Crippen LogP contribution < -0.4 is 5.73 Å². The number of pyridine rings is 1. The first-order valence-corrected chi connectivity index (χ1v) is 6.86. The Morgan fingerprint density at radius 2 is 2.29 bits per heavy atom. The minimum absolute atomic E-state index is 0.0942. The van der Waals surface area contributed by atoms with Crippen molar-refractivity contribution >= 4 is 22.6 Å². The van der Waals surface area contributed by atoms with E-state index in [-0.39, 0.29) is 18.6 Å². The van der Waals surface area contributed by atoms with Gasteiger partial charge in [-0.2, -0.15) is 0 Å². The second-order valence-corrected chi connectivity index (χ2v) is 5.04. The largest absolute Gasteiger partial charge is 0.394 e. The van der Waals surface area contributed by atoms with E-state index in [0.717, 1.165) is 5.39 Å². The van der Waals surface area contributed by atoms with E-state index in [0.29, 0.717) is 36.6 Å². The molecule has 1 aliphatic rings. The number of fused-ring (bicyclic) bond motifs is 1. The van der Waals surface area contributed by atoms with Crippen LogP contribution in [0.5, 0.6) is 0 Å². The molecule has 2 aromatic rings. The number of aliphatic hydroxyl groups is 1. The van der Waals surface area contributed by atoms with E-state index in [2.05, 4.69) is 4.98 Å². The predicted octanol–water partition coefficient (Wildman–Crippen LogP) is 0.650. The molecule has 6 nitrogen and oxygen atoms in total. The molecule has 110 valence electrons. The van der Waals surface area contributed by atoms with Crippen LogP contribution in [0.2, 0.25) is 0 Å². The van der Waals surface area contributed by atoms with E-state index in [4.69, 9.17) is 10.5 Å². The van der Waals surface area contributed by atoms with Crippen molar-refractivity contribution in [3.05, 3.63) is 35.9 Å². The van der Waals surface area contributed by atoms with Crippen LogP contribution >= 0.6 is 0 Å². The molecule has 3 rings (SSSR count). The summed E-state index contributed by atoms with van der Waals surface area (Å²) in [6, 6.07) is 9.03. The zero-order chi connectivity index (χ0) is 14.8. The third-order valence-electron chi connectivity index (χ3n) is 3.60. The molecule has 0 spiro atoms. The van der Waals surface area contributed by atoms with Gasteiger partial charge >= 0.3 is 0 Å². The highest BCUT2D eigenvalue weighted by Crippen LogP contribution is 2.21. The molecule has 0 saturated carbocycles. The molecule has 1 saturated heterocycles. The Kier molecular flexibility index (Phi) is 3.72. The Hall–Kier alpha value is -2.18. The summed E-state index contributed by atoms with van der Waals surface area (Å²) < 4.78 is 5.37. The number of amides is 1. The molecule has 1 aromatic carbocycles. The zero-order valence-corrected chi connectivity index (χ0v) is 11.5. The van der Waals surface area contributed by atoms with E-state index in [1.165, 1.54) is 0 Å². The summed E-state index contributed by atoms with van der Waals surface area (Å²) in [5.74, 6) is 0.214. The van der Waals surface area contributed by atoms with Gasteiger partial charge in [0, 0.05) is 18.5 Å². The van der Waals surface area contributed by atoms with Gasteiger partial charge in [0.2, 0.25) is 0 Å². The average molecular weight is 287 g/mol. The molecule has 0 aliphatic carbocycles. The maximum atomic E-state index is 12.7. The average Bonchev–Trinajstić information content (AvgIpc) is 2.53. The van der Waals surface area contributed by atoms with Gasteiger partial charge in [-0.3, -0.25) is 4.79 Å². The Morgan fingerprint density at radius 1 is 1.48 bits per heavy atom. The number of ether oxygens (including phenoxy) is 1. The summed E-state index contributed by atoms with van der Waals surface area (Å²) >= 11 is 0. The van der Waals surface area contributed by atoms with Crippen LogP contribution in [-0.4, -0.2) is 53.3 Å². The predicted molar refractivity (Wildman–Crippen MR) is 78.9 cm³/mol. The molecular weight excluding hydrogens is 270 g/mol. The monoisotopic (exact) mass is 287 g/mol. The van der Waals surface area contributed by atoms with Crippen LogP contribution in [0.4, 0.5) is 5.82 Å². The minimum atomic E-state index is -0.326. The highest BCUT2D eigenvalue weighted by molar-refractivity contribution is 6.06. The number of morpholine rings is 1. The number of para-hydroxylation sites is 1. The lowest BCUT2D eigenvalue weighted by Crippen LogP contribution is -2.47. The lowest BCUT2D eigenvalue weighted by atomic mass is 10.1. The smallest absolute Gasteiger partial charge is 0.254 e. The Bertz CT molecular complexity index is 674. The first-order valence-electron chi connectivity index (χ1n) is 6.86. The fourth-order valence-electron chi connectivity index (χ4n) is 2.56. The number of nitrogens with zero attached hydrogens (tertiary/aromatic N) is 2. The van der Waals surface area contributed by atoms with Gasteiger partial charge in [-0.25, -0.2) is 4.98 Å². The molecule has 1 aromatic heterocycles. The van der Waals surface area contributed by atoms with Crippen molar-refractivity contribution < 1.29 is 14.6 Å². The molecule has 0 bridgehead atoms. The van der Waals surface area contributed by atoms with Gasteiger partial charge in [0.25, 0.3) is 5.91 Å². The van der Waals surface area contributed by atoms with Crippen LogP contribution in [0, 0.1) is 0 Å². The molecule has 0 radical (unpaired) electrons. The van der Waals surface area contributed by atoms with Gasteiger partial charge in [-0.05, 0) is 12.1 Å². The van der Waals surface area contributed by atoms with Crippen molar-refractivity contribution in [2.24, 2.45) is 0 Å². The van der Waals surface area contributed by atoms with Gasteiger partial charge in [-0.1, -0.05) is 18.2 Å². The van der Waals surface area contributed by atoms with Gasteiger partial charge in [0.05, 0.1) is 30.4 Å². The fourth-order valence-corrected chi connectivity index (χ4v) is 2.56. The van der Waals surface area contributed by atoms with Crippen LogP contribution in [0.15, 0.2) is 30.3 Å². The standard InChI is InChI=1S/C15H17N3O3/c16-14-7-12(11-3-1-2-4-13(11)17-14)15(20)18-5-6-21-10(8-18)9-19/h1-4,7,10,19H,5-6,8-9H2,(H2,16,17). The van der Waals surface area contributed by atoms with Gasteiger partial charge < -0.3 is 20.5 Å². The van der Waals surface area contributed by atoms with Gasteiger partial charge in [0.1, 0.15) is 5.82 Å². The number of hydrogen-bond donors (Lipinski definition) is 2. The van der Waals surface area contributed by atoms with E-state index < -0.39 is 0 Å². The Labute approximate surface area is 122 Å². The molecule has 1 fully saturated rings. The lowest BCUT2D eigenvalue weighted by molar-refractivity contribution is -0.0446.